The van der Waals surface area contributed by atoms with Crippen molar-refractivity contribution in [1.29, 1.82) is 0 Å². The van der Waals surface area contributed by atoms with Gasteiger partial charge < -0.3 is 14.8 Å². The van der Waals surface area contributed by atoms with E-state index >= 15 is 0 Å². The highest BCUT2D eigenvalue weighted by Crippen LogP contribution is 2.18. The number of carbonyl (C=O) groups is 2. The van der Waals surface area contributed by atoms with E-state index in [2.05, 4.69) is 5.32 Å². The highest BCUT2D eigenvalue weighted by Gasteiger charge is 2.17. The topological polar surface area (TPSA) is 64.6 Å². The molecule has 30 heavy (non-hydrogen) atoms. The van der Waals surface area contributed by atoms with Crippen molar-refractivity contribution in [2.45, 2.75) is 13.8 Å². The first-order valence-electron chi connectivity index (χ1n) is 9.92. The van der Waals surface area contributed by atoms with Crippen molar-refractivity contribution >= 4 is 11.7 Å². The van der Waals surface area contributed by atoms with Gasteiger partial charge in [-0.25, -0.2) is 0 Å². The molecule has 5 nitrogen and oxygen atoms in total. The summed E-state index contributed by atoms with van der Waals surface area (Å²) in [6.45, 7) is 5.14. The molecule has 1 N–H and O–H groups in total. The maximum atomic E-state index is 12.9. The van der Waals surface area contributed by atoms with E-state index < -0.39 is 0 Å². The van der Waals surface area contributed by atoms with Gasteiger partial charge in [0.15, 0.2) is 5.78 Å². The molecule has 5 heteroatoms. The Kier molecular flexibility index (Phi) is 7.22. The van der Waals surface area contributed by atoms with Gasteiger partial charge in [-0.1, -0.05) is 48.0 Å². The molecule has 0 aromatic heterocycles. The number of ether oxygens (including phenoxy) is 2. The Balaban J connectivity index is 1.58. The van der Waals surface area contributed by atoms with Crippen LogP contribution in [0.2, 0.25) is 0 Å². The van der Waals surface area contributed by atoms with E-state index in [-0.39, 0.29) is 11.7 Å². The van der Waals surface area contributed by atoms with E-state index in [0.29, 0.717) is 42.2 Å². The zero-order valence-electron chi connectivity index (χ0n) is 17.2. The molecule has 154 valence electrons. The summed E-state index contributed by atoms with van der Waals surface area (Å²) in [6, 6.07) is 21.5. The maximum absolute atomic E-state index is 12.9. The third-order valence-corrected chi connectivity index (χ3v) is 4.52. The van der Waals surface area contributed by atoms with E-state index in [9.17, 15) is 9.59 Å². The molecule has 0 bridgehead atoms. The summed E-state index contributed by atoms with van der Waals surface area (Å²) >= 11 is 0. The van der Waals surface area contributed by atoms with Crippen LogP contribution in [0.25, 0.3) is 0 Å². The molecule has 0 fully saturated rings. The van der Waals surface area contributed by atoms with Gasteiger partial charge in [-0.3, -0.25) is 9.59 Å². The molecule has 0 aliphatic carbocycles. The van der Waals surface area contributed by atoms with Crippen LogP contribution in [-0.2, 0) is 0 Å². The minimum Gasteiger partial charge on any atom is -0.494 e. The molecule has 0 spiro atoms. The second-order valence-corrected chi connectivity index (χ2v) is 6.75. The molecule has 3 aromatic carbocycles. The molecule has 3 rings (SSSR count). The third kappa shape index (κ3) is 5.47. The molecule has 3 aromatic rings. The zero-order valence-corrected chi connectivity index (χ0v) is 17.2. The van der Waals surface area contributed by atoms with E-state index in [1.54, 1.807) is 36.4 Å². The number of carbonyl (C=O) groups excluding carboxylic acids is 2. The average molecular weight is 403 g/mol. The van der Waals surface area contributed by atoms with Gasteiger partial charge in [0.05, 0.1) is 18.7 Å². The van der Waals surface area contributed by atoms with Crippen molar-refractivity contribution in [2.75, 3.05) is 19.8 Å². The lowest BCUT2D eigenvalue weighted by atomic mass is 9.97. The first-order valence-corrected chi connectivity index (χ1v) is 9.92. The Morgan fingerprint density at radius 3 is 2.03 bits per heavy atom. The standard InChI is InChI=1S/C25H25NO4/c1-3-29-20-12-14-21(15-13-20)30-17-16-26-25(28)23-7-5-4-6-22(23)24(27)19-10-8-18(2)9-11-19/h4-15H,3,16-17H2,1-2H3,(H,26,28). The number of hydrogen-bond donors (Lipinski definition) is 1. The Labute approximate surface area is 176 Å². The molecule has 1 amide bonds. The van der Waals surface area contributed by atoms with E-state index in [0.717, 1.165) is 11.3 Å². The van der Waals surface area contributed by atoms with Gasteiger partial charge in [0.2, 0.25) is 0 Å². The van der Waals surface area contributed by atoms with Crippen molar-refractivity contribution in [2.24, 2.45) is 0 Å². The Bertz CT molecular complexity index is 994. The van der Waals surface area contributed by atoms with Crippen LogP contribution in [0.5, 0.6) is 11.5 Å². The number of rotatable bonds is 9. The Morgan fingerprint density at radius 1 is 0.800 bits per heavy atom. The molecule has 0 saturated carbocycles. The highest BCUT2D eigenvalue weighted by atomic mass is 16.5. The average Bonchev–Trinajstić information content (AvgIpc) is 2.78. The number of ketones is 1. The lowest BCUT2D eigenvalue weighted by molar-refractivity contribution is 0.0936. The van der Waals surface area contributed by atoms with Gasteiger partial charge >= 0.3 is 0 Å². The number of benzene rings is 3. The van der Waals surface area contributed by atoms with Crippen molar-refractivity contribution in [3.63, 3.8) is 0 Å². The second kappa shape index (κ2) is 10.3. The van der Waals surface area contributed by atoms with Gasteiger partial charge in [-0.2, -0.15) is 0 Å². The van der Waals surface area contributed by atoms with Gasteiger partial charge in [-0.05, 0) is 44.2 Å². The number of nitrogens with one attached hydrogen (secondary N) is 1. The van der Waals surface area contributed by atoms with Gasteiger partial charge in [0, 0.05) is 11.1 Å². The van der Waals surface area contributed by atoms with Crippen molar-refractivity contribution in [3.8, 4) is 11.5 Å². The lowest BCUT2D eigenvalue weighted by Gasteiger charge is -2.11. The first kappa shape index (κ1) is 21.1. The molecule has 0 heterocycles. The summed E-state index contributed by atoms with van der Waals surface area (Å²) in [7, 11) is 0. The first-order chi connectivity index (χ1) is 14.6. The summed E-state index contributed by atoms with van der Waals surface area (Å²) in [6.07, 6.45) is 0. The molecular formula is C25H25NO4. The fraction of sp³-hybridized carbons (Fsp3) is 0.200. The van der Waals surface area contributed by atoms with Crippen LogP contribution in [0.3, 0.4) is 0 Å². The minimum absolute atomic E-state index is 0.175. The molecule has 0 aliphatic rings. The van der Waals surface area contributed by atoms with Crippen LogP contribution in [0.1, 0.15) is 38.8 Å². The van der Waals surface area contributed by atoms with E-state index in [1.807, 2.05) is 50.2 Å². The quantitative estimate of drug-likeness (QED) is 0.424. The molecule has 0 saturated heterocycles. The highest BCUT2D eigenvalue weighted by molar-refractivity contribution is 6.15. The van der Waals surface area contributed by atoms with Crippen molar-refractivity contribution in [3.05, 3.63) is 95.1 Å². The predicted molar refractivity (Wildman–Crippen MR) is 116 cm³/mol. The molecule has 0 radical (unpaired) electrons. The zero-order chi connectivity index (χ0) is 21.3. The summed E-state index contributed by atoms with van der Waals surface area (Å²) in [4.78, 5) is 25.5. The summed E-state index contributed by atoms with van der Waals surface area (Å²) in [5.74, 6) is 1.00. The lowest BCUT2D eigenvalue weighted by Crippen LogP contribution is -2.29. The van der Waals surface area contributed by atoms with Crippen LogP contribution < -0.4 is 14.8 Å². The third-order valence-electron chi connectivity index (χ3n) is 4.52. The van der Waals surface area contributed by atoms with Crippen LogP contribution in [-0.4, -0.2) is 31.4 Å². The predicted octanol–water partition coefficient (Wildman–Crippen LogP) is 4.43. The van der Waals surface area contributed by atoms with Crippen molar-refractivity contribution in [1.82, 2.24) is 5.32 Å². The molecule has 0 aliphatic heterocycles. The van der Waals surface area contributed by atoms with Crippen LogP contribution in [0.4, 0.5) is 0 Å². The maximum Gasteiger partial charge on any atom is 0.252 e. The Hall–Kier alpha value is -3.60. The van der Waals surface area contributed by atoms with E-state index in [4.69, 9.17) is 9.47 Å². The summed E-state index contributed by atoms with van der Waals surface area (Å²) in [5.41, 5.74) is 2.36. The summed E-state index contributed by atoms with van der Waals surface area (Å²) < 4.78 is 11.0. The van der Waals surface area contributed by atoms with Crippen LogP contribution in [0, 0.1) is 6.92 Å². The van der Waals surface area contributed by atoms with Crippen molar-refractivity contribution < 1.29 is 19.1 Å². The summed E-state index contributed by atoms with van der Waals surface area (Å²) in [5, 5.41) is 2.82. The fourth-order valence-electron chi connectivity index (χ4n) is 2.97. The normalized spacial score (nSPS) is 10.3. The number of amides is 1. The van der Waals surface area contributed by atoms with Crippen LogP contribution >= 0.6 is 0 Å². The SMILES string of the molecule is CCOc1ccc(OCCNC(=O)c2ccccc2C(=O)c2ccc(C)cc2)cc1. The smallest absolute Gasteiger partial charge is 0.252 e. The second-order valence-electron chi connectivity index (χ2n) is 6.75. The fourth-order valence-corrected chi connectivity index (χ4v) is 2.97. The van der Waals surface area contributed by atoms with Gasteiger partial charge in [-0.15, -0.1) is 0 Å². The number of hydrogen-bond acceptors (Lipinski definition) is 4. The number of aryl methyl sites for hydroxylation is 1. The minimum atomic E-state index is -0.304. The van der Waals surface area contributed by atoms with Crippen LogP contribution in [0.15, 0.2) is 72.8 Å². The molecule has 0 unspecified atom stereocenters. The molecular weight excluding hydrogens is 378 g/mol. The Morgan fingerprint density at radius 2 is 1.40 bits per heavy atom. The van der Waals surface area contributed by atoms with E-state index in [1.165, 1.54) is 0 Å². The monoisotopic (exact) mass is 403 g/mol. The molecule has 0 atom stereocenters. The van der Waals surface area contributed by atoms with Gasteiger partial charge in [0.1, 0.15) is 18.1 Å². The van der Waals surface area contributed by atoms with Gasteiger partial charge in [0.25, 0.3) is 5.91 Å². The largest absolute Gasteiger partial charge is 0.494 e.